The summed E-state index contributed by atoms with van der Waals surface area (Å²) >= 11 is 0. The Hall–Kier alpha value is -2.89. The first kappa shape index (κ1) is 13.5. The summed E-state index contributed by atoms with van der Waals surface area (Å²) in [6.45, 7) is 0. The third-order valence-electron chi connectivity index (χ3n) is 2.55. The highest BCUT2D eigenvalue weighted by Crippen LogP contribution is 2.10. The largest absolute Gasteiger partial charge is 0.416 e. The molecule has 2 rings (SSSR count). The van der Waals surface area contributed by atoms with Crippen LogP contribution in [0.15, 0.2) is 54.4 Å². The maximum Gasteiger partial charge on any atom is 0.416 e. The Kier molecular flexibility index (Phi) is 4.28. The summed E-state index contributed by atoms with van der Waals surface area (Å²) in [4.78, 5) is 33.7. The van der Waals surface area contributed by atoms with E-state index in [1.807, 2.05) is 0 Å². The molecule has 1 unspecified atom stereocenters. The van der Waals surface area contributed by atoms with E-state index < -0.39 is 17.9 Å². The number of carbonyl (C=O) groups is 3. The number of rotatable bonds is 4. The van der Waals surface area contributed by atoms with Crippen LogP contribution in [0, 0.1) is 0 Å². The number of nitrogens with one attached hydrogen (secondary N) is 2. The smallest absolute Gasteiger partial charge is 0.410 e. The summed E-state index contributed by atoms with van der Waals surface area (Å²) in [5, 5.41) is 5.13. The Balaban J connectivity index is 2.02. The molecule has 1 atom stereocenters. The van der Waals surface area contributed by atoms with E-state index in [1.165, 1.54) is 12.3 Å². The van der Waals surface area contributed by atoms with Crippen LogP contribution < -0.4 is 15.4 Å². The second kappa shape index (κ2) is 6.33. The fraction of sp³-hybridized carbons (Fsp3) is 0.0714. The monoisotopic (exact) mass is 272 g/mol. The highest BCUT2D eigenvalue weighted by Gasteiger charge is 2.24. The minimum atomic E-state index is -0.902. The van der Waals surface area contributed by atoms with Crippen molar-refractivity contribution in [3.63, 3.8) is 0 Å². The van der Waals surface area contributed by atoms with E-state index in [0.717, 1.165) is 0 Å². The van der Waals surface area contributed by atoms with Crippen molar-refractivity contribution in [2.24, 2.45) is 0 Å². The Labute approximate surface area is 115 Å². The van der Waals surface area contributed by atoms with Crippen LogP contribution in [0.3, 0.4) is 0 Å². The fourth-order valence-electron chi connectivity index (χ4n) is 1.65. The van der Waals surface area contributed by atoms with E-state index in [1.54, 1.807) is 36.4 Å². The number of hydrogen-bond donors (Lipinski definition) is 2. The molecule has 0 saturated carbocycles. The van der Waals surface area contributed by atoms with Crippen molar-refractivity contribution in [2.75, 3.05) is 0 Å². The molecular formula is C14H12N2O4. The van der Waals surface area contributed by atoms with Crippen LogP contribution in [-0.2, 0) is 9.59 Å². The Morgan fingerprint density at radius 1 is 1.25 bits per heavy atom. The van der Waals surface area contributed by atoms with Gasteiger partial charge in [0.2, 0.25) is 5.78 Å². The third-order valence-corrected chi connectivity index (χ3v) is 2.55. The molecule has 6 nitrogen and oxygen atoms in total. The number of dihydropyridines is 1. The van der Waals surface area contributed by atoms with E-state index in [9.17, 15) is 14.4 Å². The Morgan fingerprint density at radius 3 is 2.70 bits per heavy atom. The van der Waals surface area contributed by atoms with Crippen molar-refractivity contribution in [3.05, 3.63) is 54.4 Å². The molecule has 1 aromatic rings. The molecular weight excluding hydrogens is 260 g/mol. The zero-order valence-corrected chi connectivity index (χ0v) is 10.4. The topological polar surface area (TPSA) is 84.5 Å². The number of ether oxygens (including phenoxy) is 1. The molecule has 2 N–H and O–H groups in total. The first-order valence-electron chi connectivity index (χ1n) is 5.86. The second-order valence-electron chi connectivity index (χ2n) is 3.93. The van der Waals surface area contributed by atoms with Gasteiger partial charge in [-0.3, -0.25) is 14.9 Å². The third kappa shape index (κ3) is 3.32. The number of ketones is 1. The van der Waals surface area contributed by atoms with Crippen molar-refractivity contribution in [1.82, 2.24) is 10.6 Å². The summed E-state index contributed by atoms with van der Waals surface area (Å²) in [6.07, 6.45) is 4.11. The van der Waals surface area contributed by atoms with E-state index in [2.05, 4.69) is 10.6 Å². The van der Waals surface area contributed by atoms with Gasteiger partial charge in [0.1, 0.15) is 11.8 Å². The van der Waals surface area contributed by atoms with Gasteiger partial charge >= 0.3 is 6.09 Å². The van der Waals surface area contributed by atoms with Gasteiger partial charge in [-0.1, -0.05) is 18.2 Å². The minimum Gasteiger partial charge on any atom is -0.410 e. The molecule has 0 aromatic heterocycles. The molecule has 1 aliphatic rings. The quantitative estimate of drug-likeness (QED) is 0.628. The summed E-state index contributed by atoms with van der Waals surface area (Å²) < 4.78 is 5.04. The number of benzene rings is 1. The molecule has 0 fully saturated rings. The molecule has 0 saturated heterocycles. The molecule has 0 radical (unpaired) electrons. The Bertz CT molecular complexity index is 578. The first-order valence-corrected chi connectivity index (χ1v) is 5.86. The SMILES string of the molecule is O=CC(=O)C1NC=CC=C1NC(=O)Oc1ccccc1. The highest BCUT2D eigenvalue weighted by molar-refractivity contribution is 6.28. The second-order valence-corrected chi connectivity index (χ2v) is 3.93. The van der Waals surface area contributed by atoms with Crippen molar-refractivity contribution >= 4 is 18.2 Å². The summed E-state index contributed by atoms with van der Waals surface area (Å²) in [5.41, 5.74) is 0.255. The summed E-state index contributed by atoms with van der Waals surface area (Å²) in [5.74, 6) is -0.302. The van der Waals surface area contributed by atoms with Crippen LogP contribution in [0.4, 0.5) is 4.79 Å². The normalized spacial score (nSPS) is 16.6. The van der Waals surface area contributed by atoms with Crippen LogP contribution >= 0.6 is 0 Å². The van der Waals surface area contributed by atoms with E-state index in [4.69, 9.17) is 4.74 Å². The van der Waals surface area contributed by atoms with E-state index in [-0.39, 0.29) is 12.0 Å². The molecule has 1 heterocycles. The number of para-hydroxylation sites is 1. The predicted molar refractivity (Wildman–Crippen MR) is 70.8 cm³/mol. The zero-order chi connectivity index (χ0) is 14.4. The molecule has 20 heavy (non-hydrogen) atoms. The van der Waals surface area contributed by atoms with Gasteiger partial charge in [0, 0.05) is 0 Å². The maximum absolute atomic E-state index is 11.7. The van der Waals surface area contributed by atoms with Gasteiger partial charge in [-0.2, -0.15) is 0 Å². The van der Waals surface area contributed by atoms with Crippen LogP contribution in [0.25, 0.3) is 0 Å². The van der Waals surface area contributed by atoms with Crippen LogP contribution in [0.5, 0.6) is 5.75 Å². The van der Waals surface area contributed by atoms with Gasteiger partial charge in [-0.25, -0.2) is 4.79 Å². The zero-order valence-electron chi connectivity index (χ0n) is 10.4. The van der Waals surface area contributed by atoms with Gasteiger partial charge in [0.05, 0.1) is 5.70 Å². The summed E-state index contributed by atoms with van der Waals surface area (Å²) in [6, 6.07) is 7.60. The minimum absolute atomic E-state index is 0.203. The lowest BCUT2D eigenvalue weighted by Crippen LogP contribution is -2.44. The predicted octanol–water partition coefficient (Wildman–Crippen LogP) is 0.912. The molecule has 1 aliphatic heterocycles. The number of carbonyl (C=O) groups excluding carboxylic acids is 3. The fourth-order valence-corrected chi connectivity index (χ4v) is 1.65. The average molecular weight is 272 g/mol. The van der Waals surface area contributed by atoms with Crippen LogP contribution in [0.1, 0.15) is 0 Å². The molecule has 1 aromatic carbocycles. The molecule has 0 bridgehead atoms. The number of aldehydes is 1. The molecule has 1 amide bonds. The van der Waals surface area contributed by atoms with Gasteiger partial charge in [0.25, 0.3) is 0 Å². The lowest BCUT2D eigenvalue weighted by atomic mass is 10.1. The van der Waals surface area contributed by atoms with Crippen molar-refractivity contribution in [1.29, 1.82) is 0 Å². The van der Waals surface area contributed by atoms with Crippen LogP contribution in [0.2, 0.25) is 0 Å². The van der Waals surface area contributed by atoms with Crippen LogP contribution in [-0.4, -0.2) is 24.2 Å². The maximum atomic E-state index is 11.7. The molecule has 0 aliphatic carbocycles. The van der Waals surface area contributed by atoms with Gasteiger partial charge in [-0.05, 0) is 30.5 Å². The van der Waals surface area contributed by atoms with Gasteiger partial charge in [-0.15, -0.1) is 0 Å². The van der Waals surface area contributed by atoms with Gasteiger partial charge < -0.3 is 10.1 Å². The number of amides is 1. The van der Waals surface area contributed by atoms with E-state index >= 15 is 0 Å². The lowest BCUT2D eigenvalue weighted by Gasteiger charge is -2.20. The van der Waals surface area contributed by atoms with Crippen molar-refractivity contribution in [3.8, 4) is 5.75 Å². The summed E-state index contributed by atoms with van der Waals surface area (Å²) in [7, 11) is 0. The highest BCUT2D eigenvalue weighted by atomic mass is 16.6. The first-order chi connectivity index (χ1) is 9.70. The lowest BCUT2D eigenvalue weighted by molar-refractivity contribution is -0.130. The number of Topliss-reactive ketones (excluding diaryl/α,β-unsaturated/α-hetero) is 1. The molecule has 102 valence electrons. The van der Waals surface area contributed by atoms with Crippen molar-refractivity contribution in [2.45, 2.75) is 6.04 Å². The standard InChI is InChI=1S/C14H12N2O4/c17-9-12(18)13-11(7-4-8-15-13)16-14(19)20-10-5-2-1-3-6-10/h1-9,13,15H,(H,16,19). The molecule has 6 heteroatoms. The Morgan fingerprint density at radius 2 is 2.00 bits per heavy atom. The number of allylic oxidation sites excluding steroid dienone is 2. The number of hydrogen-bond acceptors (Lipinski definition) is 5. The van der Waals surface area contributed by atoms with Gasteiger partial charge in [0.15, 0.2) is 6.29 Å². The molecule has 0 spiro atoms. The van der Waals surface area contributed by atoms with E-state index in [0.29, 0.717) is 5.75 Å². The average Bonchev–Trinajstić information content (AvgIpc) is 2.48. The van der Waals surface area contributed by atoms with Crippen molar-refractivity contribution < 1.29 is 19.1 Å².